The molecule has 0 radical (unpaired) electrons. The Morgan fingerprint density at radius 1 is 1.12 bits per heavy atom. The lowest BCUT2D eigenvalue weighted by molar-refractivity contribution is 0.0743. The summed E-state index contributed by atoms with van der Waals surface area (Å²) in [5.41, 5.74) is 1.50. The van der Waals surface area contributed by atoms with Crippen LogP contribution in [0.2, 0.25) is 0 Å². The van der Waals surface area contributed by atoms with E-state index in [-0.39, 0.29) is 17.3 Å². The van der Waals surface area contributed by atoms with E-state index in [2.05, 4.69) is 10.6 Å². The molecule has 136 valence electrons. The third-order valence-electron chi connectivity index (χ3n) is 3.77. The summed E-state index contributed by atoms with van der Waals surface area (Å²) in [6, 6.07) is 15.6. The predicted molar refractivity (Wildman–Crippen MR) is 102 cm³/mol. The highest BCUT2D eigenvalue weighted by Crippen LogP contribution is 2.14. The number of sulfonamides is 1. The first-order valence-electron chi connectivity index (χ1n) is 8.34. The van der Waals surface area contributed by atoms with E-state index >= 15 is 0 Å². The maximum atomic E-state index is 12.8. The van der Waals surface area contributed by atoms with Crippen LogP contribution in [0.4, 0.5) is 0 Å². The molecule has 2 aromatic carbocycles. The zero-order valence-corrected chi connectivity index (χ0v) is 15.5. The van der Waals surface area contributed by atoms with Crippen LogP contribution in [-0.4, -0.2) is 32.3 Å². The molecule has 2 rings (SSSR count). The maximum Gasteiger partial charge on any atom is 0.254 e. The van der Waals surface area contributed by atoms with Gasteiger partial charge in [-0.2, -0.15) is 4.72 Å². The van der Waals surface area contributed by atoms with Crippen LogP contribution in [0.5, 0.6) is 0 Å². The van der Waals surface area contributed by atoms with Crippen molar-refractivity contribution in [1.82, 2.24) is 9.62 Å². The summed E-state index contributed by atoms with van der Waals surface area (Å²) in [5.74, 6) is 2.10. The molecule has 6 heteroatoms. The molecule has 0 aliphatic heterocycles. The molecule has 0 unspecified atom stereocenters. The van der Waals surface area contributed by atoms with E-state index in [0.29, 0.717) is 18.7 Å². The molecule has 0 aromatic heterocycles. The summed E-state index contributed by atoms with van der Waals surface area (Å²) in [4.78, 5) is 14.6. The Bertz CT molecular complexity index is 870. The van der Waals surface area contributed by atoms with Gasteiger partial charge in [-0.25, -0.2) is 8.42 Å². The van der Waals surface area contributed by atoms with Crippen LogP contribution >= 0.6 is 0 Å². The second kappa shape index (κ2) is 9.18. The van der Waals surface area contributed by atoms with Crippen LogP contribution < -0.4 is 4.72 Å². The fourth-order valence-electron chi connectivity index (χ4n) is 2.51. The third-order valence-corrected chi connectivity index (χ3v) is 5.19. The van der Waals surface area contributed by atoms with Crippen LogP contribution in [0.1, 0.15) is 29.3 Å². The molecule has 0 fully saturated rings. The van der Waals surface area contributed by atoms with Crippen molar-refractivity contribution in [3.05, 3.63) is 65.7 Å². The number of benzene rings is 2. The first kappa shape index (κ1) is 19.7. The summed E-state index contributed by atoms with van der Waals surface area (Å²) in [6.45, 7) is 3.07. The molecule has 1 amide bonds. The van der Waals surface area contributed by atoms with Crippen molar-refractivity contribution in [1.29, 1.82) is 0 Å². The average Bonchev–Trinajstić information content (AvgIpc) is 2.66. The average molecular weight is 370 g/mol. The summed E-state index contributed by atoms with van der Waals surface area (Å²) in [7, 11) is -3.66. The van der Waals surface area contributed by atoms with Crippen molar-refractivity contribution in [2.45, 2.75) is 24.8 Å². The van der Waals surface area contributed by atoms with Gasteiger partial charge in [0.15, 0.2) is 0 Å². The highest BCUT2D eigenvalue weighted by atomic mass is 32.2. The maximum absolute atomic E-state index is 12.8. The van der Waals surface area contributed by atoms with Gasteiger partial charge in [0.05, 0.1) is 11.4 Å². The number of hydrogen-bond donors (Lipinski definition) is 1. The van der Waals surface area contributed by atoms with Crippen molar-refractivity contribution in [2.75, 3.05) is 13.1 Å². The van der Waals surface area contributed by atoms with Crippen LogP contribution in [-0.2, 0) is 16.6 Å². The Labute approximate surface area is 155 Å². The van der Waals surface area contributed by atoms with Crippen LogP contribution in [0, 0.1) is 12.3 Å². The van der Waals surface area contributed by atoms with Crippen molar-refractivity contribution in [2.24, 2.45) is 0 Å². The van der Waals surface area contributed by atoms with Crippen LogP contribution in [0.3, 0.4) is 0 Å². The molecule has 0 aliphatic rings. The van der Waals surface area contributed by atoms with Crippen molar-refractivity contribution >= 4 is 15.9 Å². The van der Waals surface area contributed by atoms with Gasteiger partial charge in [-0.1, -0.05) is 43.2 Å². The minimum atomic E-state index is -3.66. The fraction of sp³-hybridized carbons (Fsp3) is 0.250. The molecule has 5 nitrogen and oxygen atoms in total. The van der Waals surface area contributed by atoms with Gasteiger partial charge >= 0.3 is 0 Å². The van der Waals surface area contributed by atoms with Crippen molar-refractivity contribution in [3.63, 3.8) is 0 Å². The van der Waals surface area contributed by atoms with Gasteiger partial charge in [0.25, 0.3) is 5.91 Å². The fourth-order valence-corrected chi connectivity index (χ4v) is 3.44. The van der Waals surface area contributed by atoms with Gasteiger partial charge in [-0.05, 0) is 36.2 Å². The normalized spacial score (nSPS) is 10.9. The molecule has 26 heavy (non-hydrogen) atoms. The summed E-state index contributed by atoms with van der Waals surface area (Å²) < 4.78 is 26.4. The lowest BCUT2D eigenvalue weighted by atomic mass is 10.1. The molecule has 1 N–H and O–H groups in total. The number of carbonyl (C=O) groups excluding carboxylic acids is 1. The van der Waals surface area contributed by atoms with E-state index in [1.165, 1.54) is 24.3 Å². The number of hydrogen-bond acceptors (Lipinski definition) is 3. The molecular formula is C20H22N2O3S. The lowest BCUT2D eigenvalue weighted by Gasteiger charge is -2.22. The van der Waals surface area contributed by atoms with Crippen LogP contribution in [0.25, 0.3) is 0 Å². The number of terminal acetylenes is 1. The predicted octanol–water partition coefficient (Wildman–Crippen LogP) is 2.65. The monoisotopic (exact) mass is 370 g/mol. The summed E-state index contributed by atoms with van der Waals surface area (Å²) in [5, 5.41) is 0. The standard InChI is InChI=1S/C20H22N2O3S/c1-3-14-21-26(24,25)19-12-10-18(11-13-19)20(23)22(15-4-2)16-17-8-6-5-7-9-17/h1,5-13,21H,4,14-16H2,2H3. The lowest BCUT2D eigenvalue weighted by Crippen LogP contribution is -2.31. The zero-order valence-electron chi connectivity index (χ0n) is 14.7. The smallest absolute Gasteiger partial charge is 0.254 e. The molecular weight excluding hydrogens is 348 g/mol. The topological polar surface area (TPSA) is 66.5 Å². The molecule has 0 atom stereocenters. The quantitative estimate of drug-likeness (QED) is 0.727. The number of nitrogens with zero attached hydrogens (tertiary/aromatic N) is 1. The van der Waals surface area contributed by atoms with Gasteiger partial charge in [-0.3, -0.25) is 4.79 Å². The Balaban J connectivity index is 2.17. The van der Waals surface area contributed by atoms with Crippen molar-refractivity contribution in [3.8, 4) is 12.3 Å². The first-order valence-corrected chi connectivity index (χ1v) is 9.82. The Morgan fingerprint density at radius 2 is 1.77 bits per heavy atom. The highest BCUT2D eigenvalue weighted by Gasteiger charge is 2.18. The number of amides is 1. The van der Waals surface area contributed by atoms with E-state index in [1.807, 2.05) is 37.3 Å². The van der Waals surface area contributed by atoms with Gasteiger partial charge in [0.1, 0.15) is 0 Å². The Morgan fingerprint density at radius 3 is 2.35 bits per heavy atom. The molecule has 0 spiro atoms. The minimum Gasteiger partial charge on any atom is -0.334 e. The van der Waals surface area contributed by atoms with E-state index in [0.717, 1.165) is 12.0 Å². The van der Waals surface area contributed by atoms with Gasteiger partial charge < -0.3 is 4.90 Å². The van der Waals surface area contributed by atoms with Gasteiger partial charge in [0.2, 0.25) is 10.0 Å². The van der Waals surface area contributed by atoms with E-state index in [1.54, 1.807) is 4.90 Å². The largest absolute Gasteiger partial charge is 0.334 e. The molecule has 2 aromatic rings. The second-order valence-electron chi connectivity index (χ2n) is 5.77. The molecule has 0 saturated carbocycles. The highest BCUT2D eigenvalue weighted by molar-refractivity contribution is 7.89. The van der Waals surface area contributed by atoms with Gasteiger partial charge in [0, 0.05) is 18.7 Å². The first-order chi connectivity index (χ1) is 12.5. The Hall–Kier alpha value is -2.62. The third kappa shape index (κ3) is 5.19. The van der Waals surface area contributed by atoms with E-state index in [4.69, 9.17) is 6.42 Å². The summed E-state index contributed by atoms with van der Waals surface area (Å²) in [6.07, 6.45) is 5.91. The van der Waals surface area contributed by atoms with Gasteiger partial charge in [-0.15, -0.1) is 6.42 Å². The summed E-state index contributed by atoms with van der Waals surface area (Å²) >= 11 is 0. The molecule has 0 saturated heterocycles. The number of carbonyl (C=O) groups is 1. The SMILES string of the molecule is C#CCNS(=O)(=O)c1ccc(C(=O)N(CCC)Cc2ccccc2)cc1. The number of rotatable bonds is 8. The Kier molecular flexibility index (Phi) is 6.96. The molecule has 0 heterocycles. The number of nitrogens with one attached hydrogen (secondary N) is 1. The van der Waals surface area contributed by atoms with E-state index in [9.17, 15) is 13.2 Å². The molecule has 0 bridgehead atoms. The second-order valence-corrected chi connectivity index (χ2v) is 7.53. The van der Waals surface area contributed by atoms with Crippen molar-refractivity contribution < 1.29 is 13.2 Å². The molecule has 0 aliphatic carbocycles. The van der Waals surface area contributed by atoms with Crippen LogP contribution in [0.15, 0.2) is 59.5 Å². The van der Waals surface area contributed by atoms with E-state index < -0.39 is 10.0 Å². The minimum absolute atomic E-state index is 0.0781. The zero-order chi connectivity index (χ0) is 19.0.